The van der Waals surface area contributed by atoms with E-state index in [0.717, 1.165) is 35.2 Å². The molecule has 3 aromatic rings. The molecule has 2 unspecified atom stereocenters. The van der Waals surface area contributed by atoms with Gasteiger partial charge in [0.2, 0.25) is 0 Å². The van der Waals surface area contributed by atoms with Crippen molar-refractivity contribution in [2.24, 2.45) is 11.5 Å². The number of aryl methyl sites for hydroxylation is 2. The number of pyridine rings is 1. The third-order valence-corrected chi connectivity index (χ3v) is 5.92. The Morgan fingerprint density at radius 1 is 1.20 bits per heavy atom. The monoisotopic (exact) mass is 357 g/mol. The first-order chi connectivity index (χ1) is 12.1. The quantitative estimate of drug-likeness (QED) is 0.751. The van der Waals surface area contributed by atoms with Crippen LogP contribution in [0.2, 0.25) is 0 Å². The molecule has 25 heavy (non-hydrogen) atoms. The van der Waals surface area contributed by atoms with E-state index in [1.807, 2.05) is 6.92 Å². The highest BCUT2D eigenvalue weighted by Gasteiger charge is 2.26. The van der Waals surface area contributed by atoms with E-state index >= 15 is 0 Å². The maximum absolute atomic E-state index is 14.2. The minimum absolute atomic E-state index is 0.257. The summed E-state index contributed by atoms with van der Waals surface area (Å²) in [5.41, 5.74) is 14.8. The first-order valence-corrected chi connectivity index (χ1v) is 9.31. The molecule has 1 aliphatic rings. The van der Waals surface area contributed by atoms with E-state index in [0.29, 0.717) is 11.4 Å². The second-order valence-electron chi connectivity index (χ2n) is 6.56. The average molecular weight is 357 g/mol. The lowest BCUT2D eigenvalue weighted by molar-refractivity contribution is 0.577. The van der Waals surface area contributed by atoms with Gasteiger partial charge >= 0.3 is 0 Å². The minimum atomic E-state index is -0.441. The van der Waals surface area contributed by atoms with E-state index in [1.54, 1.807) is 17.4 Å². The zero-order valence-electron chi connectivity index (χ0n) is 14.0. The third-order valence-electron chi connectivity index (χ3n) is 4.74. The van der Waals surface area contributed by atoms with Gasteiger partial charge in [-0.05, 0) is 44.2 Å². The molecule has 130 valence electrons. The molecule has 7 heteroatoms. The molecule has 0 spiro atoms. The van der Waals surface area contributed by atoms with Gasteiger partial charge in [0.1, 0.15) is 4.83 Å². The molecular formula is C18H20FN5S. The summed E-state index contributed by atoms with van der Waals surface area (Å²) >= 11 is 1.67. The zero-order valence-corrected chi connectivity index (χ0v) is 14.8. The highest BCUT2D eigenvalue weighted by atomic mass is 32.1. The van der Waals surface area contributed by atoms with Crippen molar-refractivity contribution in [3.63, 3.8) is 0 Å². The van der Waals surface area contributed by atoms with E-state index in [-0.39, 0.29) is 6.04 Å². The van der Waals surface area contributed by atoms with Crippen LogP contribution < -0.4 is 11.5 Å². The first kappa shape index (κ1) is 16.5. The molecule has 5 nitrogen and oxygen atoms in total. The highest BCUT2D eigenvalue weighted by molar-refractivity contribution is 7.18. The Balaban J connectivity index is 2.00. The lowest BCUT2D eigenvalue weighted by Gasteiger charge is -2.19. The van der Waals surface area contributed by atoms with Gasteiger partial charge in [0.15, 0.2) is 11.6 Å². The number of hydrogen-bond donors (Lipinski definition) is 2. The molecule has 0 fully saturated rings. The zero-order chi connectivity index (χ0) is 17.6. The minimum Gasteiger partial charge on any atom is -0.326 e. The predicted molar refractivity (Wildman–Crippen MR) is 97.8 cm³/mol. The lowest BCUT2D eigenvalue weighted by Crippen LogP contribution is -2.32. The lowest BCUT2D eigenvalue weighted by atomic mass is 9.94. The van der Waals surface area contributed by atoms with Crippen molar-refractivity contribution < 1.29 is 4.39 Å². The van der Waals surface area contributed by atoms with Crippen LogP contribution in [0, 0.1) is 5.82 Å². The van der Waals surface area contributed by atoms with Crippen LogP contribution in [-0.2, 0) is 12.8 Å². The molecule has 0 saturated heterocycles. The van der Waals surface area contributed by atoms with Gasteiger partial charge in [-0.3, -0.25) is 4.98 Å². The Hall–Kier alpha value is -1.96. The van der Waals surface area contributed by atoms with Gasteiger partial charge in [-0.2, -0.15) is 0 Å². The summed E-state index contributed by atoms with van der Waals surface area (Å²) in [7, 11) is 0. The van der Waals surface area contributed by atoms with Crippen LogP contribution in [0.3, 0.4) is 0 Å². The van der Waals surface area contributed by atoms with Crippen molar-refractivity contribution in [3.05, 3.63) is 40.4 Å². The summed E-state index contributed by atoms with van der Waals surface area (Å²) in [5.74, 6) is -0.0967. The molecule has 4 N–H and O–H groups in total. The van der Waals surface area contributed by atoms with Crippen LogP contribution in [0.1, 0.15) is 41.9 Å². The van der Waals surface area contributed by atoms with E-state index in [1.165, 1.54) is 29.3 Å². The number of nitrogens with two attached hydrogens (primary N) is 2. The SMILES string of the molecule is CC(N)C(N)c1nc(-c2ccncc2F)nc2sc3c(c12)CCCC3. The summed E-state index contributed by atoms with van der Waals surface area (Å²) in [6.07, 6.45) is 7.13. The van der Waals surface area contributed by atoms with Gasteiger partial charge in [0.05, 0.1) is 23.5 Å². The first-order valence-electron chi connectivity index (χ1n) is 8.49. The van der Waals surface area contributed by atoms with E-state index in [9.17, 15) is 4.39 Å². The number of nitrogens with zero attached hydrogens (tertiary/aromatic N) is 3. The van der Waals surface area contributed by atoms with Crippen molar-refractivity contribution >= 4 is 21.6 Å². The maximum atomic E-state index is 14.2. The number of aromatic nitrogens is 3. The van der Waals surface area contributed by atoms with Gasteiger partial charge in [-0.25, -0.2) is 14.4 Å². The normalized spacial score (nSPS) is 16.6. The van der Waals surface area contributed by atoms with Crippen molar-refractivity contribution in [1.82, 2.24) is 15.0 Å². The van der Waals surface area contributed by atoms with E-state index in [2.05, 4.69) is 15.0 Å². The van der Waals surface area contributed by atoms with E-state index in [4.69, 9.17) is 11.5 Å². The number of halogens is 1. The van der Waals surface area contributed by atoms with Crippen molar-refractivity contribution in [3.8, 4) is 11.4 Å². The van der Waals surface area contributed by atoms with E-state index < -0.39 is 11.9 Å². The Morgan fingerprint density at radius 3 is 2.76 bits per heavy atom. The van der Waals surface area contributed by atoms with Crippen LogP contribution in [0.5, 0.6) is 0 Å². The Morgan fingerprint density at radius 2 is 2.00 bits per heavy atom. The van der Waals surface area contributed by atoms with Crippen molar-refractivity contribution in [2.45, 2.75) is 44.7 Å². The topological polar surface area (TPSA) is 90.7 Å². The molecule has 4 rings (SSSR count). The number of fused-ring (bicyclic) bond motifs is 3. The maximum Gasteiger partial charge on any atom is 0.164 e. The molecule has 0 aliphatic heterocycles. The summed E-state index contributed by atoms with van der Waals surface area (Å²) in [5, 5.41) is 1.03. The van der Waals surface area contributed by atoms with Gasteiger partial charge in [0.25, 0.3) is 0 Å². The fraction of sp³-hybridized carbons (Fsp3) is 0.389. The number of hydrogen-bond acceptors (Lipinski definition) is 6. The molecule has 3 aromatic heterocycles. The van der Waals surface area contributed by atoms with Gasteiger partial charge in [-0.15, -0.1) is 11.3 Å². The fourth-order valence-electron chi connectivity index (χ4n) is 3.35. The molecule has 0 aromatic carbocycles. The molecule has 0 amide bonds. The van der Waals surface area contributed by atoms with Gasteiger partial charge in [0, 0.05) is 22.5 Å². The van der Waals surface area contributed by atoms with Crippen LogP contribution in [0.4, 0.5) is 4.39 Å². The molecule has 2 atom stereocenters. The Bertz CT molecular complexity index is 937. The Kier molecular flexibility index (Phi) is 4.23. The second-order valence-corrected chi connectivity index (χ2v) is 7.65. The van der Waals surface area contributed by atoms with Crippen molar-refractivity contribution in [1.29, 1.82) is 0 Å². The molecular weight excluding hydrogens is 337 g/mol. The van der Waals surface area contributed by atoms with Crippen LogP contribution in [0.15, 0.2) is 18.5 Å². The number of rotatable bonds is 3. The molecule has 1 aliphatic carbocycles. The predicted octanol–water partition coefficient (Wildman–Crippen LogP) is 3.12. The summed E-state index contributed by atoms with van der Waals surface area (Å²) in [6.45, 7) is 1.87. The molecule has 0 radical (unpaired) electrons. The summed E-state index contributed by atoms with van der Waals surface area (Å²) in [6, 6.07) is 0.910. The van der Waals surface area contributed by atoms with Crippen LogP contribution >= 0.6 is 11.3 Å². The number of thiophene rings is 1. The van der Waals surface area contributed by atoms with Gasteiger partial charge in [-0.1, -0.05) is 0 Å². The largest absolute Gasteiger partial charge is 0.326 e. The third kappa shape index (κ3) is 2.82. The average Bonchev–Trinajstić information content (AvgIpc) is 2.99. The van der Waals surface area contributed by atoms with Gasteiger partial charge < -0.3 is 11.5 Å². The molecule has 0 saturated carbocycles. The van der Waals surface area contributed by atoms with Crippen molar-refractivity contribution in [2.75, 3.05) is 0 Å². The molecule has 0 bridgehead atoms. The summed E-state index contributed by atoms with van der Waals surface area (Å²) in [4.78, 5) is 15.3. The van der Waals surface area contributed by atoms with Crippen LogP contribution in [0.25, 0.3) is 21.6 Å². The fourth-order valence-corrected chi connectivity index (χ4v) is 4.62. The summed E-state index contributed by atoms with van der Waals surface area (Å²) < 4.78 is 14.2. The standard InChI is InChI=1S/C18H20FN5S/c1-9(20)15(21)16-14-11-4-2-3-5-13(11)25-18(14)24-17(23-16)10-6-7-22-8-12(10)19/h6-9,15H,2-5,20-21H2,1H3. The highest BCUT2D eigenvalue weighted by Crippen LogP contribution is 2.39. The molecule has 3 heterocycles. The Labute approximate surface area is 149 Å². The smallest absolute Gasteiger partial charge is 0.164 e. The second kappa shape index (κ2) is 6.40. The van der Waals surface area contributed by atoms with Crippen LogP contribution in [-0.4, -0.2) is 21.0 Å².